The van der Waals surface area contributed by atoms with Gasteiger partial charge in [0.2, 0.25) is 0 Å². The van der Waals surface area contributed by atoms with Gasteiger partial charge in [0.1, 0.15) is 51.8 Å². The Hall–Kier alpha value is -11.3. The number of anilines is 2. The molecule has 6 aromatic heterocycles. The van der Waals surface area contributed by atoms with Crippen LogP contribution in [0.25, 0.3) is 131 Å². The summed E-state index contributed by atoms with van der Waals surface area (Å²) in [6, 6.07) is 50.2. The van der Waals surface area contributed by atoms with Gasteiger partial charge in [0, 0.05) is 94.8 Å². The third-order valence-corrected chi connectivity index (χ3v) is 34.6. The van der Waals surface area contributed by atoms with Crippen LogP contribution < -0.4 is 38.2 Å². The van der Waals surface area contributed by atoms with Crippen molar-refractivity contribution in [2.45, 2.75) is 193 Å². The van der Waals surface area contributed by atoms with E-state index in [1.807, 2.05) is 125 Å². The Kier molecular flexibility index (Phi) is 26.9. The Balaban J connectivity index is 0.709. The zero-order valence-corrected chi connectivity index (χ0v) is 83.5. The van der Waals surface area contributed by atoms with Gasteiger partial charge in [-0.25, -0.2) is 14.2 Å². The predicted molar refractivity (Wildman–Crippen MR) is 566 cm³/mol. The number of hydrogen-bond donors (Lipinski definition) is 0. The first kappa shape index (κ1) is 91.8. The van der Waals surface area contributed by atoms with Gasteiger partial charge in [-0.3, -0.25) is 19.2 Å². The molecule has 19 heteroatoms. The van der Waals surface area contributed by atoms with Crippen molar-refractivity contribution in [3.63, 3.8) is 0 Å². The lowest BCUT2D eigenvalue weighted by molar-refractivity contribution is 0.0877. The van der Waals surface area contributed by atoms with Crippen LogP contribution in [0.4, 0.5) is 15.8 Å². The molecule has 686 valence electrons. The lowest BCUT2D eigenvalue weighted by Gasteiger charge is -2.31. The first-order valence-electron chi connectivity index (χ1n) is 48.1. The van der Waals surface area contributed by atoms with Crippen molar-refractivity contribution in [2.24, 2.45) is 23.7 Å². The number of rotatable bonds is 39. The van der Waals surface area contributed by atoms with Gasteiger partial charge < -0.3 is 28.4 Å². The smallest absolute Gasteiger partial charge is 0.266 e. The van der Waals surface area contributed by atoms with E-state index < -0.39 is 23.6 Å². The molecule has 17 aromatic rings. The molecule has 12 nitrogen and oxygen atoms in total. The molecule has 0 saturated heterocycles. The van der Waals surface area contributed by atoms with Crippen LogP contribution in [0.5, 0.6) is 46.0 Å². The molecule has 0 spiro atoms. The molecule has 0 aliphatic carbocycles. The first-order chi connectivity index (χ1) is 65.2. The zero-order valence-electron chi connectivity index (χ0n) is 78.6. The summed E-state index contributed by atoms with van der Waals surface area (Å²) in [5.41, 5.74) is 5.91. The van der Waals surface area contributed by atoms with Crippen LogP contribution in [0.1, 0.15) is 243 Å². The second kappa shape index (κ2) is 39.2. The number of halogens is 1. The van der Waals surface area contributed by atoms with Crippen LogP contribution in [0, 0.1) is 57.2 Å². The quantitative estimate of drug-likeness (QED) is 0.0208. The Morgan fingerprint density at radius 1 is 0.343 bits per heavy atom. The highest BCUT2D eigenvalue weighted by Gasteiger charge is 2.42. The minimum Gasteiger partial charge on any atom is -0.491 e. The summed E-state index contributed by atoms with van der Waals surface area (Å²) in [5, 5.41) is 9.29. The molecule has 8 heterocycles. The second-order valence-electron chi connectivity index (χ2n) is 36.6. The van der Waals surface area contributed by atoms with Crippen molar-refractivity contribution in [3.05, 3.63) is 229 Å². The van der Waals surface area contributed by atoms with Crippen molar-refractivity contribution in [2.75, 3.05) is 36.2 Å². The molecule has 0 saturated carbocycles. The van der Waals surface area contributed by atoms with Crippen molar-refractivity contribution >= 4 is 215 Å². The Bertz CT molecular complexity index is 7300. The van der Waals surface area contributed by atoms with Gasteiger partial charge in [-0.05, 0) is 210 Å². The molecule has 0 N–H and O–H groups in total. The summed E-state index contributed by atoms with van der Waals surface area (Å²) >= 11 is 10.1. The lowest BCUT2D eigenvalue weighted by atomic mass is 9.81. The SMILES string of the molecule is C/C=C/c1cc2c(OCC(CC)CCCC)c3sc(-c4sc(-c5cc6c(OCC(CC)CCCC)c7sc(/C=C/c8ccc(N9C(=O)c%10ccc%11c%12c(Oc%13ccc(C)cc%13)cc%13c%14c(ccc(c%15c(Oc%16ccc(C)cc%16)cc(c%10c%11%15)C9=O)c%14%12)C(=O)N(c9ccc(C)cc9)C%13=O)cc8)cc7c(OCC(CC)CCCC)c6s5)c5sc(C)c(F)c45)cc3c(OCC(CC)CCCC)c2s1. The molecule has 4 amide bonds. The summed E-state index contributed by atoms with van der Waals surface area (Å²) in [6.07, 6.45) is 25.8. The molecule has 0 fully saturated rings. The van der Waals surface area contributed by atoms with Gasteiger partial charge in [0.15, 0.2) is 0 Å². The molecule has 2 aliphatic rings. The van der Waals surface area contributed by atoms with Crippen LogP contribution in [0.2, 0.25) is 0 Å². The maximum atomic E-state index is 17.7. The maximum absolute atomic E-state index is 17.7. The molecule has 2 aliphatic heterocycles. The van der Waals surface area contributed by atoms with E-state index in [1.165, 1.54) is 21.1 Å². The normalized spacial score (nSPS) is 14.0. The van der Waals surface area contributed by atoms with E-state index in [2.05, 4.69) is 111 Å². The average molecular weight is 1890 g/mol. The number of amides is 4. The average Bonchev–Trinajstić information content (AvgIpc) is 1.04. The largest absolute Gasteiger partial charge is 0.491 e. The predicted octanol–water partition coefficient (Wildman–Crippen LogP) is 35.3. The standard InChI is InChI=1S/C115H113FN2O10S6/c1-14-23-28-68(19-6)60-123-101-85-54-77(27-18-5)130-105(85)103(125-62-70(21-8)30-25-16-3)87-58-91(132-107(87)101)109-99-100(116)67(13)129-111(99)110(134-109)92-59-88-104(126-63-71(22-9)31-26-17-4)106-86(102(108(88)133-92)124-61-69(20-7)29-24-15-2)55-78(131-106)49-40-72-38-43-74(44-39-72)118-113(120)82-53-51-80-95-89(127-75-45-34-65(11)35-46-75)56-83-93-81(112(119)117(114(83)121)73-41-32-64(10)33-42-73)52-50-79(97(93)95)96-90(128-76-47-36-66(12)37-48-76)57-84(115(118)122)94(82)98(80)96/h18,27,32-59,68-71H,14-17,19-26,28-31,60-63H2,1-13H3/b27-18+,49-40+. The molecule has 4 unspecified atom stereocenters. The molecule has 0 bridgehead atoms. The number of carbonyl (C=O) groups excluding carboxylic acids is 4. The highest BCUT2D eigenvalue weighted by Crippen LogP contribution is 2.61. The number of ether oxygens (including phenoxy) is 6. The van der Waals surface area contributed by atoms with Gasteiger partial charge in [0.25, 0.3) is 23.6 Å². The highest BCUT2D eigenvalue weighted by atomic mass is 32.1. The van der Waals surface area contributed by atoms with Crippen LogP contribution in [0.15, 0.2) is 164 Å². The highest BCUT2D eigenvalue weighted by molar-refractivity contribution is 7.34. The maximum Gasteiger partial charge on any atom is 0.266 e. The Labute approximate surface area is 807 Å². The van der Waals surface area contributed by atoms with Gasteiger partial charge in [-0.15, -0.1) is 68.0 Å². The van der Waals surface area contributed by atoms with Gasteiger partial charge >= 0.3 is 0 Å². The molecule has 11 aromatic carbocycles. The third-order valence-electron chi connectivity index (χ3n) is 27.4. The van der Waals surface area contributed by atoms with Gasteiger partial charge in [-0.2, -0.15) is 0 Å². The monoisotopic (exact) mass is 1890 g/mol. The molecule has 134 heavy (non-hydrogen) atoms. The fraction of sp³-hybridized carbons (Fsp3) is 0.322. The van der Waals surface area contributed by atoms with Crippen molar-refractivity contribution in [1.82, 2.24) is 0 Å². The fourth-order valence-electron chi connectivity index (χ4n) is 19.5. The molecule has 19 rings (SSSR count). The van der Waals surface area contributed by atoms with Crippen LogP contribution in [-0.4, -0.2) is 50.1 Å². The van der Waals surface area contributed by atoms with E-state index >= 15 is 23.6 Å². The topological polar surface area (TPSA) is 130 Å². The second-order valence-corrected chi connectivity index (χ2v) is 43.1. The number of benzene rings is 11. The van der Waals surface area contributed by atoms with E-state index in [-0.39, 0.29) is 16.9 Å². The summed E-state index contributed by atoms with van der Waals surface area (Å²) < 4.78 is 66.1. The number of unbranched alkanes of at least 4 members (excludes halogenated alkanes) is 4. The van der Waals surface area contributed by atoms with E-state index in [4.69, 9.17) is 28.4 Å². The van der Waals surface area contributed by atoms with E-state index in [0.29, 0.717) is 149 Å². The van der Waals surface area contributed by atoms with Gasteiger partial charge in [0.05, 0.1) is 82.2 Å². The van der Waals surface area contributed by atoms with Crippen molar-refractivity contribution < 1.29 is 52.0 Å². The Morgan fingerprint density at radius 2 is 0.709 bits per heavy atom. The lowest BCUT2D eigenvalue weighted by Crippen LogP contribution is -2.40. The summed E-state index contributed by atoms with van der Waals surface area (Å²) in [5.74, 6) is 4.46. The van der Waals surface area contributed by atoms with Crippen LogP contribution >= 0.6 is 68.0 Å². The molecule has 0 radical (unpaired) electrons. The number of hydrogen-bond acceptors (Lipinski definition) is 16. The number of imide groups is 2. The van der Waals surface area contributed by atoms with Crippen molar-refractivity contribution in [1.29, 1.82) is 0 Å². The zero-order chi connectivity index (χ0) is 93.0. The summed E-state index contributed by atoms with van der Waals surface area (Å²) in [6.45, 7) is 30.4. The fourth-order valence-corrected chi connectivity index (χ4v) is 26.8. The number of nitrogens with zero attached hydrogens (tertiary/aromatic N) is 2. The van der Waals surface area contributed by atoms with E-state index in [1.54, 1.807) is 93.1 Å². The number of allylic oxidation sites excluding steroid dienone is 1. The summed E-state index contributed by atoms with van der Waals surface area (Å²) in [4.78, 5) is 71.2. The van der Waals surface area contributed by atoms with Gasteiger partial charge in [-0.1, -0.05) is 222 Å². The van der Waals surface area contributed by atoms with E-state index in [0.717, 1.165) is 222 Å². The first-order valence-corrected chi connectivity index (χ1v) is 53.0. The minimum absolute atomic E-state index is 0.181. The summed E-state index contributed by atoms with van der Waals surface area (Å²) in [7, 11) is 0. The van der Waals surface area contributed by atoms with E-state index in [9.17, 15) is 0 Å². The Morgan fingerprint density at radius 3 is 1.10 bits per heavy atom. The number of aryl methyl sites for hydroxylation is 4. The van der Waals surface area contributed by atoms with Crippen LogP contribution in [0.3, 0.4) is 0 Å². The van der Waals surface area contributed by atoms with Crippen LogP contribution in [-0.2, 0) is 0 Å². The number of fused-ring (bicyclic) bond motifs is 7. The molecule has 4 atom stereocenters. The number of carbonyl (C=O) groups is 4. The van der Waals surface area contributed by atoms with Crippen molar-refractivity contribution in [3.8, 4) is 65.5 Å². The number of thiophene rings is 6. The third kappa shape index (κ3) is 17.0. The minimum atomic E-state index is -0.534. The molecular weight excluding hydrogens is 1780 g/mol. The molecular formula is C115H113FN2O10S6.